The molecule has 0 N–H and O–H groups in total. The molecule has 32 heavy (non-hydrogen) atoms. The molecular formula is C25H19NO6. The number of esters is 1. The van der Waals surface area contributed by atoms with Crippen LogP contribution in [-0.4, -0.2) is 38.7 Å². The zero-order chi connectivity index (χ0) is 21.9. The zero-order valence-electron chi connectivity index (χ0n) is 17.3. The van der Waals surface area contributed by atoms with E-state index in [1.165, 1.54) is 0 Å². The van der Waals surface area contributed by atoms with E-state index in [0.29, 0.717) is 58.6 Å². The summed E-state index contributed by atoms with van der Waals surface area (Å²) in [5.74, 6) is 1.44. The van der Waals surface area contributed by atoms with Gasteiger partial charge in [-0.25, -0.2) is 4.79 Å². The number of carbonyl (C=O) groups excluding carboxylic acids is 2. The number of benzene rings is 3. The van der Waals surface area contributed by atoms with Crippen molar-refractivity contribution >= 4 is 17.6 Å². The number of para-hydroxylation sites is 1. The number of amides is 1. The molecule has 6 rings (SSSR count). The molecule has 7 heteroatoms. The maximum absolute atomic E-state index is 13.7. The van der Waals surface area contributed by atoms with Gasteiger partial charge >= 0.3 is 5.97 Å². The van der Waals surface area contributed by atoms with E-state index in [4.69, 9.17) is 18.9 Å². The Morgan fingerprint density at radius 3 is 2.47 bits per heavy atom. The zero-order valence-corrected chi connectivity index (χ0v) is 17.3. The molecule has 1 spiro atoms. The van der Waals surface area contributed by atoms with Gasteiger partial charge in [-0.3, -0.25) is 4.79 Å². The van der Waals surface area contributed by atoms with Gasteiger partial charge < -0.3 is 23.8 Å². The van der Waals surface area contributed by atoms with Crippen LogP contribution in [0, 0.1) is 0 Å². The van der Waals surface area contributed by atoms with E-state index < -0.39 is 11.4 Å². The summed E-state index contributed by atoms with van der Waals surface area (Å²) in [6, 6.07) is 17.7. The van der Waals surface area contributed by atoms with Crippen molar-refractivity contribution in [2.45, 2.75) is 5.41 Å². The first-order valence-corrected chi connectivity index (χ1v) is 10.4. The van der Waals surface area contributed by atoms with Gasteiger partial charge in [0.15, 0.2) is 11.5 Å². The number of nitrogens with zero attached hydrogens (tertiary/aromatic N) is 1. The lowest BCUT2D eigenvalue weighted by Gasteiger charge is -2.24. The molecule has 3 aliphatic rings. The van der Waals surface area contributed by atoms with E-state index in [1.54, 1.807) is 60.5 Å². The fraction of sp³-hybridized carbons (Fsp3) is 0.200. The van der Waals surface area contributed by atoms with Gasteiger partial charge in [0.05, 0.1) is 5.56 Å². The van der Waals surface area contributed by atoms with E-state index in [0.717, 1.165) is 0 Å². The molecule has 3 aliphatic heterocycles. The fourth-order valence-corrected chi connectivity index (χ4v) is 4.76. The lowest BCUT2D eigenvalue weighted by molar-refractivity contribution is -0.121. The molecule has 3 heterocycles. The Hall–Kier alpha value is -4.00. The topological polar surface area (TPSA) is 74.3 Å². The number of fused-ring (bicyclic) bond motifs is 5. The minimum absolute atomic E-state index is 0.0804. The van der Waals surface area contributed by atoms with Crippen molar-refractivity contribution in [3.8, 4) is 23.0 Å². The summed E-state index contributed by atoms with van der Waals surface area (Å²) in [6.07, 6.45) is 0. The van der Waals surface area contributed by atoms with Crippen molar-refractivity contribution in [3.63, 3.8) is 0 Å². The Morgan fingerprint density at radius 1 is 0.938 bits per heavy atom. The number of ether oxygens (including phenoxy) is 4. The number of hydrogen-bond donors (Lipinski definition) is 0. The molecule has 0 fully saturated rings. The summed E-state index contributed by atoms with van der Waals surface area (Å²) >= 11 is 0. The monoisotopic (exact) mass is 429 g/mol. The molecule has 0 radical (unpaired) electrons. The van der Waals surface area contributed by atoms with Gasteiger partial charge in [0.2, 0.25) is 5.91 Å². The van der Waals surface area contributed by atoms with E-state index >= 15 is 0 Å². The predicted octanol–water partition coefficient (Wildman–Crippen LogP) is 3.33. The first-order valence-electron chi connectivity index (χ1n) is 10.4. The quantitative estimate of drug-likeness (QED) is 0.460. The van der Waals surface area contributed by atoms with E-state index in [-0.39, 0.29) is 12.5 Å². The van der Waals surface area contributed by atoms with Gasteiger partial charge in [-0.1, -0.05) is 24.3 Å². The highest BCUT2D eigenvalue weighted by Crippen LogP contribution is 2.55. The molecule has 0 aromatic heterocycles. The largest absolute Gasteiger partial charge is 0.491 e. The SMILES string of the molecule is CN1C(=O)C2(COc3cc4c(cc32)OCCO4)c2c(C(=O)Oc3ccccc3)cccc21. The third kappa shape index (κ3) is 2.48. The highest BCUT2D eigenvalue weighted by atomic mass is 16.6. The van der Waals surface area contributed by atoms with Crippen molar-refractivity contribution in [3.05, 3.63) is 77.4 Å². The van der Waals surface area contributed by atoms with Gasteiger partial charge in [-0.2, -0.15) is 0 Å². The van der Waals surface area contributed by atoms with E-state index in [1.807, 2.05) is 12.1 Å². The second kappa shape index (κ2) is 6.75. The summed E-state index contributed by atoms with van der Waals surface area (Å²) in [4.78, 5) is 28.5. The summed E-state index contributed by atoms with van der Waals surface area (Å²) in [7, 11) is 1.71. The molecule has 0 aliphatic carbocycles. The normalized spacial score (nSPS) is 20.0. The smallest absolute Gasteiger partial charge is 0.343 e. The first kappa shape index (κ1) is 18.7. The molecule has 0 bridgehead atoms. The molecule has 0 saturated heterocycles. The number of anilines is 1. The molecule has 1 unspecified atom stereocenters. The van der Waals surface area contributed by atoms with E-state index in [2.05, 4.69) is 0 Å². The summed E-state index contributed by atoms with van der Waals surface area (Å²) in [5, 5.41) is 0. The third-order valence-electron chi connectivity index (χ3n) is 6.22. The van der Waals surface area contributed by atoms with Crippen molar-refractivity contribution < 1.29 is 28.5 Å². The number of carbonyl (C=O) groups is 2. The van der Waals surface area contributed by atoms with Crippen molar-refractivity contribution in [2.24, 2.45) is 0 Å². The van der Waals surface area contributed by atoms with Crippen LogP contribution in [0.5, 0.6) is 23.0 Å². The van der Waals surface area contributed by atoms with Crippen LogP contribution in [-0.2, 0) is 10.2 Å². The Kier molecular flexibility index (Phi) is 3.95. The fourth-order valence-electron chi connectivity index (χ4n) is 4.76. The predicted molar refractivity (Wildman–Crippen MR) is 115 cm³/mol. The average molecular weight is 429 g/mol. The van der Waals surface area contributed by atoms with Crippen LogP contribution < -0.4 is 23.8 Å². The molecule has 3 aromatic carbocycles. The van der Waals surface area contributed by atoms with Crippen molar-refractivity contribution in [1.29, 1.82) is 0 Å². The van der Waals surface area contributed by atoms with Gasteiger partial charge in [-0.15, -0.1) is 0 Å². The van der Waals surface area contributed by atoms with Crippen LogP contribution in [0.4, 0.5) is 5.69 Å². The van der Waals surface area contributed by atoms with Gasteiger partial charge in [0.1, 0.15) is 36.7 Å². The minimum Gasteiger partial charge on any atom is -0.491 e. The van der Waals surface area contributed by atoms with Crippen LogP contribution in [0.1, 0.15) is 21.5 Å². The maximum Gasteiger partial charge on any atom is 0.343 e. The number of rotatable bonds is 2. The van der Waals surface area contributed by atoms with Crippen molar-refractivity contribution in [2.75, 3.05) is 31.8 Å². The lowest BCUT2D eigenvalue weighted by Crippen LogP contribution is -2.41. The summed E-state index contributed by atoms with van der Waals surface area (Å²) in [6.45, 7) is 0.965. The molecular weight excluding hydrogens is 410 g/mol. The molecule has 3 aromatic rings. The molecule has 160 valence electrons. The van der Waals surface area contributed by atoms with Crippen LogP contribution in [0.2, 0.25) is 0 Å². The summed E-state index contributed by atoms with van der Waals surface area (Å²) in [5.41, 5.74) is 1.07. The Bertz CT molecular complexity index is 1270. The molecule has 1 atom stereocenters. The Balaban J connectivity index is 1.52. The Morgan fingerprint density at radius 2 is 1.69 bits per heavy atom. The van der Waals surface area contributed by atoms with Crippen LogP contribution >= 0.6 is 0 Å². The summed E-state index contributed by atoms with van der Waals surface area (Å²) < 4.78 is 23.1. The van der Waals surface area contributed by atoms with Crippen LogP contribution in [0.25, 0.3) is 0 Å². The lowest BCUT2D eigenvalue weighted by atomic mass is 9.75. The van der Waals surface area contributed by atoms with Crippen LogP contribution in [0.15, 0.2) is 60.7 Å². The highest BCUT2D eigenvalue weighted by molar-refractivity contribution is 6.14. The third-order valence-corrected chi connectivity index (χ3v) is 6.22. The minimum atomic E-state index is -1.17. The average Bonchev–Trinajstić information content (AvgIpc) is 3.30. The first-order chi connectivity index (χ1) is 15.6. The number of likely N-dealkylation sites (N-methyl/N-ethyl adjacent to an activating group) is 1. The van der Waals surface area contributed by atoms with Gasteiger partial charge in [0.25, 0.3) is 0 Å². The molecule has 1 amide bonds. The van der Waals surface area contributed by atoms with Crippen molar-refractivity contribution in [1.82, 2.24) is 0 Å². The Labute approximate surface area is 184 Å². The highest BCUT2D eigenvalue weighted by Gasteiger charge is 2.58. The van der Waals surface area contributed by atoms with Crippen LogP contribution in [0.3, 0.4) is 0 Å². The van der Waals surface area contributed by atoms with E-state index in [9.17, 15) is 9.59 Å². The second-order valence-electron chi connectivity index (χ2n) is 7.95. The molecule has 0 saturated carbocycles. The maximum atomic E-state index is 13.7. The second-order valence-corrected chi connectivity index (χ2v) is 7.95. The standard InChI is InChI=1S/C25H19NO6/c1-26-18-9-5-8-16(23(27)32-15-6-3-2-4-7-15)22(18)25(24(26)28)14-31-19-13-21-20(12-17(19)25)29-10-11-30-21/h2-9,12-13H,10-11,14H2,1H3. The van der Waals surface area contributed by atoms with Gasteiger partial charge in [0, 0.05) is 29.9 Å². The number of hydrogen-bond acceptors (Lipinski definition) is 6. The molecule has 7 nitrogen and oxygen atoms in total. The van der Waals surface area contributed by atoms with Gasteiger partial charge in [-0.05, 0) is 30.3 Å².